The molecule has 0 aliphatic heterocycles. The third-order valence-corrected chi connectivity index (χ3v) is 1.05. The lowest BCUT2D eigenvalue weighted by Gasteiger charge is -2.18. The van der Waals surface area contributed by atoms with E-state index in [4.69, 9.17) is 5.11 Å². The van der Waals surface area contributed by atoms with Crippen molar-refractivity contribution in [1.29, 1.82) is 0 Å². The topological polar surface area (TPSA) is 101 Å². The zero-order chi connectivity index (χ0) is 12.6. The van der Waals surface area contributed by atoms with Crippen LogP contribution in [0.15, 0.2) is 24.8 Å². The first-order valence-electron chi connectivity index (χ1n) is 4.43. The first-order valence-corrected chi connectivity index (χ1v) is 4.43. The first kappa shape index (κ1) is 19.9. The highest BCUT2D eigenvalue weighted by Crippen LogP contribution is 1.97. The predicted octanol–water partition coefficient (Wildman–Crippen LogP) is 1.90. The van der Waals surface area contributed by atoms with Gasteiger partial charge in [-0.1, -0.05) is 13.2 Å². The van der Waals surface area contributed by atoms with Gasteiger partial charge in [0.2, 0.25) is 5.91 Å². The zero-order valence-electron chi connectivity index (χ0n) is 10.5. The molecule has 0 atom stereocenters. The number of carboxylic acid groups (broad SMARTS) is 1. The molecule has 94 valence electrons. The second-order valence-electron chi connectivity index (χ2n) is 4.03. The van der Waals surface area contributed by atoms with Crippen molar-refractivity contribution in [2.24, 2.45) is 0 Å². The average molecular weight is 230 g/mol. The van der Waals surface area contributed by atoms with E-state index in [2.05, 4.69) is 18.5 Å². The lowest BCUT2D eigenvalue weighted by molar-refractivity contribution is -0.132. The minimum atomic E-state index is -0.935. The number of carbonyl (C=O) groups excluding carboxylic acids is 1. The SMILES string of the molecule is C=C(C)C(=O)O.C=CC(=O)NC(C)(C)C.N. The molecule has 0 rings (SSSR count). The Balaban J connectivity index is -0.000000214. The van der Waals surface area contributed by atoms with Crippen LogP contribution in [0.25, 0.3) is 0 Å². The van der Waals surface area contributed by atoms with Gasteiger partial charge in [-0.3, -0.25) is 4.79 Å². The number of hydrogen-bond donors (Lipinski definition) is 3. The Kier molecular flexibility index (Phi) is 10.8. The van der Waals surface area contributed by atoms with Crippen LogP contribution < -0.4 is 11.5 Å². The first-order chi connectivity index (χ1) is 6.60. The molecule has 0 spiro atoms. The molecule has 0 radical (unpaired) electrons. The number of carboxylic acids is 1. The van der Waals surface area contributed by atoms with Crippen LogP contribution in [0.1, 0.15) is 27.7 Å². The molecule has 0 aromatic heterocycles. The third kappa shape index (κ3) is 18.2. The Labute approximate surface area is 96.8 Å². The van der Waals surface area contributed by atoms with Crippen molar-refractivity contribution in [3.05, 3.63) is 24.8 Å². The quantitative estimate of drug-likeness (QED) is 0.630. The average Bonchev–Trinajstić information content (AvgIpc) is 2.02. The maximum absolute atomic E-state index is 10.6. The van der Waals surface area contributed by atoms with Gasteiger partial charge in [0, 0.05) is 11.1 Å². The highest BCUT2D eigenvalue weighted by Gasteiger charge is 2.10. The minimum Gasteiger partial charge on any atom is -0.478 e. The lowest BCUT2D eigenvalue weighted by Crippen LogP contribution is -2.39. The molecule has 0 heterocycles. The van der Waals surface area contributed by atoms with Gasteiger partial charge in [-0.2, -0.15) is 0 Å². The zero-order valence-corrected chi connectivity index (χ0v) is 10.5. The summed E-state index contributed by atoms with van der Waals surface area (Å²) < 4.78 is 0. The molecule has 0 aliphatic carbocycles. The summed E-state index contributed by atoms with van der Waals surface area (Å²) in [4.78, 5) is 20.2. The molecule has 5 heteroatoms. The van der Waals surface area contributed by atoms with Gasteiger partial charge in [-0.05, 0) is 33.8 Å². The van der Waals surface area contributed by atoms with E-state index in [-0.39, 0.29) is 23.2 Å². The fraction of sp³-hybridized carbons (Fsp3) is 0.455. The highest BCUT2D eigenvalue weighted by molar-refractivity contribution is 5.87. The number of nitrogens with one attached hydrogen (secondary N) is 1. The summed E-state index contributed by atoms with van der Waals surface area (Å²) >= 11 is 0. The summed E-state index contributed by atoms with van der Waals surface area (Å²) in [6.07, 6.45) is 1.27. The molecule has 1 amide bonds. The van der Waals surface area contributed by atoms with Gasteiger partial charge in [-0.15, -0.1) is 0 Å². The second-order valence-corrected chi connectivity index (χ2v) is 4.03. The van der Waals surface area contributed by atoms with Crippen LogP contribution in [0.4, 0.5) is 0 Å². The predicted molar refractivity (Wildman–Crippen MR) is 65.6 cm³/mol. The van der Waals surface area contributed by atoms with Crippen molar-refractivity contribution in [3.63, 3.8) is 0 Å². The third-order valence-electron chi connectivity index (χ3n) is 1.05. The van der Waals surface area contributed by atoms with E-state index < -0.39 is 5.97 Å². The molecule has 5 N–H and O–H groups in total. The largest absolute Gasteiger partial charge is 0.478 e. The fourth-order valence-corrected chi connectivity index (χ4v) is 0.421. The molecule has 0 aromatic carbocycles. The Hall–Kier alpha value is -1.62. The van der Waals surface area contributed by atoms with Crippen molar-refractivity contribution in [1.82, 2.24) is 11.5 Å². The second kappa shape index (κ2) is 8.67. The maximum atomic E-state index is 10.6. The number of amides is 1. The number of carbonyl (C=O) groups is 2. The van der Waals surface area contributed by atoms with E-state index in [9.17, 15) is 9.59 Å². The van der Waals surface area contributed by atoms with Crippen molar-refractivity contribution in [2.75, 3.05) is 0 Å². The van der Waals surface area contributed by atoms with Crippen LogP contribution >= 0.6 is 0 Å². The van der Waals surface area contributed by atoms with Crippen LogP contribution in [0.2, 0.25) is 0 Å². The molecule has 0 fully saturated rings. The summed E-state index contributed by atoms with van der Waals surface area (Å²) in [5, 5.41) is 10.6. The minimum absolute atomic E-state index is 0. The van der Waals surface area contributed by atoms with Crippen molar-refractivity contribution < 1.29 is 14.7 Å². The Morgan fingerprint density at radius 2 is 1.62 bits per heavy atom. The van der Waals surface area contributed by atoms with Crippen LogP contribution in [0.3, 0.4) is 0 Å². The van der Waals surface area contributed by atoms with Gasteiger partial charge in [0.15, 0.2) is 0 Å². The molecule has 0 saturated heterocycles. The molecular weight excluding hydrogens is 208 g/mol. The van der Waals surface area contributed by atoms with Gasteiger partial charge in [0.1, 0.15) is 0 Å². The van der Waals surface area contributed by atoms with Gasteiger partial charge in [0.05, 0.1) is 0 Å². The van der Waals surface area contributed by atoms with Crippen LogP contribution in [-0.4, -0.2) is 22.5 Å². The van der Waals surface area contributed by atoms with Gasteiger partial charge in [-0.25, -0.2) is 4.79 Å². The molecule has 0 saturated carbocycles. The fourth-order valence-electron chi connectivity index (χ4n) is 0.421. The van der Waals surface area contributed by atoms with Gasteiger partial charge >= 0.3 is 5.97 Å². The standard InChI is InChI=1S/C7H13NO.C4H6O2.H3N/c1-5-6(9)8-7(2,3)4;1-3(2)4(5)6;/h5H,1H2,2-4H3,(H,8,9);1H2,2H3,(H,5,6);1H3. The Morgan fingerprint density at radius 1 is 1.31 bits per heavy atom. The van der Waals surface area contributed by atoms with E-state index in [1.54, 1.807) is 0 Å². The number of rotatable bonds is 2. The highest BCUT2D eigenvalue weighted by atomic mass is 16.4. The summed E-state index contributed by atoms with van der Waals surface area (Å²) in [5.41, 5.74) is 0.0284. The van der Waals surface area contributed by atoms with Crippen LogP contribution in [0, 0.1) is 0 Å². The summed E-state index contributed by atoms with van der Waals surface area (Å²) in [6, 6.07) is 0. The van der Waals surface area contributed by atoms with E-state index in [0.29, 0.717) is 0 Å². The smallest absolute Gasteiger partial charge is 0.330 e. The summed E-state index contributed by atoms with van der Waals surface area (Å²) in [7, 11) is 0. The molecule has 0 aromatic rings. The monoisotopic (exact) mass is 230 g/mol. The van der Waals surface area contributed by atoms with E-state index in [1.165, 1.54) is 13.0 Å². The van der Waals surface area contributed by atoms with E-state index >= 15 is 0 Å². The van der Waals surface area contributed by atoms with Crippen molar-refractivity contribution in [3.8, 4) is 0 Å². The van der Waals surface area contributed by atoms with Gasteiger partial charge in [0.25, 0.3) is 0 Å². The molecule has 16 heavy (non-hydrogen) atoms. The Morgan fingerprint density at radius 3 is 1.69 bits per heavy atom. The summed E-state index contributed by atoms with van der Waals surface area (Å²) in [6.45, 7) is 13.7. The van der Waals surface area contributed by atoms with Gasteiger partial charge < -0.3 is 16.6 Å². The maximum Gasteiger partial charge on any atom is 0.330 e. The number of hydrogen-bond acceptors (Lipinski definition) is 3. The lowest BCUT2D eigenvalue weighted by atomic mass is 10.1. The molecule has 0 aliphatic rings. The van der Waals surface area contributed by atoms with E-state index in [0.717, 1.165) is 0 Å². The van der Waals surface area contributed by atoms with E-state index in [1.807, 2.05) is 20.8 Å². The van der Waals surface area contributed by atoms with Crippen LogP contribution in [-0.2, 0) is 9.59 Å². The normalized spacial score (nSPS) is 8.75. The number of aliphatic carboxylic acids is 1. The molecule has 5 nitrogen and oxygen atoms in total. The summed E-state index contributed by atoms with van der Waals surface area (Å²) in [5.74, 6) is -1.06. The van der Waals surface area contributed by atoms with Crippen molar-refractivity contribution in [2.45, 2.75) is 33.2 Å². The van der Waals surface area contributed by atoms with Crippen molar-refractivity contribution >= 4 is 11.9 Å². The van der Waals surface area contributed by atoms with Crippen LogP contribution in [0.5, 0.6) is 0 Å². The molecule has 0 bridgehead atoms. The Bertz CT molecular complexity index is 253. The molecule has 0 unspecified atom stereocenters. The molecular formula is C11H22N2O3.